The van der Waals surface area contributed by atoms with Gasteiger partial charge in [0.05, 0.1) is 21.8 Å². The summed E-state index contributed by atoms with van der Waals surface area (Å²) in [6.07, 6.45) is 2.57. The molecule has 28 heavy (non-hydrogen) atoms. The smallest absolute Gasteiger partial charge is 0.263 e. The maximum atomic E-state index is 13.0. The van der Waals surface area contributed by atoms with Crippen LogP contribution in [-0.2, 0) is 11.3 Å². The van der Waals surface area contributed by atoms with Gasteiger partial charge in [-0.25, -0.2) is 4.98 Å². The van der Waals surface area contributed by atoms with E-state index in [1.807, 2.05) is 41.8 Å². The van der Waals surface area contributed by atoms with Crippen molar-refractivity contribution in [2.24, 2.45) is 5.92 Å². The highest BCUT2D eigenvalue weighted by atomic mass is 32.1. The third-order valence-electron chi connectivity index (χ3n) is 5.15. The summed E-state index contributed by atoms with van der Waals surface area (Å²) in [4.78, 5) is 32.7. The number of piperidine rings is 1. The average molecular weight is 397 g/mol. The van der Waals surface area contributed by atoms with Crippen LogP contribution < -0.4 is 5.32 Å². The molecule has 6 nitrogen and oxygen atoms in total. The summed E-state index contributed by atoms with van der Waals surface area (Å²) >= 11 is 1.44. The molecule has 0 aliphatic carbocycles. The average Bonchev–Trinajstić information content (AvgIpc) is 3.37. The second-order valence-corrected chi connectivity index (χ2v) is 8.08. The van der Waals surface area contributed by atoms with Crippen molar-refractivity contribution in [3.05, 3.63) is 46.7 Å². The van der Waals surface area contributed by atoms with Crippen molar-refractivity contribution in [1.82, 2.24) is 14.5 Å². The molecule has 1 N–H and O–H groups in total. The Morgan fingerprint density at radius 1 is 1.25 bits per heavy atom. The van der Waals surface area contributed by atoms with E-state index in [-0.39, 0.29) is 17.7 Å². The molecule has 1 aliphatic rings. The number of benzene rings is 1. The first-order valence-electron chi connectivity index (χ1n) is 9.76. The van der Waals surface area contributed by atoms with Gasteiger partial charge in [0.1, 0.15) is 0 Å². The van der Waals surface area contributed by atoms with Crippen LogP contribution in [0.3, 0.4) is 0 Å². The minimum atomic E-state index is -0.215. The van der Waals surface area contributed by atoms with E-state index < -0.39 is 0 Å². The predicted molar refractivity (Wildman–Crippen MR) is 112 cm³/mol. The number of anilines is 1. The van der Waals surface area contributed by atoms with Gasteiger partial charge in [-0.2, -0.15) is 0 Å². The number of carbonyl (C=O) groups excluding carboxylic acids is 2. The van der Waals surface area contributed by atoms with Crippen molar-refractivity contribution in [1.29, 1.82) is 0 Å². The molecule has 3 aromatic rings. The lowest BCUT2D eigenvalue weighted by molar-refractivity contribution is -0.121. The summed E-state index contributed by atoms with van der Waals surface area (Å²) < 4.78 is 2.06. The Morgan fingerprint density at radius 2 is 2.11 bits per heavy atom. The summed E-state index contributed by atoms with van der Waals surface area (Å²) in [7, 11) is 0. The summed E-state index contributed by atoms with van der Waals surface area (Å²) in [5.41, 5.74) is 1.90. The minimum Gasteiger partial charge on any atom is -0.337 e. The first-order valence-corrected chi connectivity index (χ1v) is 10.6. The Balaban J connectivity index is 1.50. The summed E-state index contributed by atoms with van der Waals surface area (Å²) in [6, 6.07) is 11.6. The molecule has 1 saturated heterocycles. The number of hydrogen-bond donors (Lipinski definition) is 1. The number of nitrogens with one attached hydrogen (secondary N) is 1. The number of imidazole rings is 1. The standard InChI is InChI=1S/C21H24N4O2S/c1-2-11-25-17-9-4-3-8-16(17)22-21(25)23-19(26)15-7-5-12-24(14-15)20(27)18-10-6-13-28-18/h3-4,6,8-10,13,15H,2,5,7,11-12,14H2,1H3,(H,22,23,26). The van der Waals surface area contributed by atoms with Crippen molar-refractivity contribution < 1.29 is 9.59 Å². The Kier molecular flexibility index (Phi) is 5.43. The Hall–Kier alpha value is -2.67. The normalized spacial score (nSPS) is 17.0. The van der Waals surface area contributed by atoms with Gasteiger partial charge in [-0.05, 0) is 42.8 Å². The lowest BCUT2D eigenvalue weighted by atomic mass is 9.97. The Bertz CT molecular complexity index is 980. The first kappa shape index (κ1) is 18.7. The highest BCUT2D eigenvalue weighted by Crippen LogP contribution is 2.24. The fraction of sp³-hybridized carbons (Fsp3) is 0.381. The minimum absolute atomic E-state index is 0.0192. The van der Waals surface area contributed by atoms with E-state index in [0.29, 0.717) is 19.0 Å². The molecular weight excluding hydrogens is 372 g/mol. The molecular formula is C21H24N4O2S. The number of thiophene rings is 1. The van der Waals surface area contributed by atoms with Gasteiger partial charge in [0.2, 0.25) is 11.9 Å². The van der Waals surface area contributed by atoms with Crippen molar-refractivity contribution >= 4 is 40.1 Å². The Labute approximate surface area is 168 Å². The van der Waals surface area contributed by atoms with E-state index in [2.05, 4.69) is 21.8 Å². The van der Waals surface area contributed by atoms with Gasteiger partial charge in [0.25, 0.3) is 5.91 Å². The van der Waals surface area contributed by atoms with Gasteiger partial charge in [-0.3, -0.25) is 14.9 Å². The zero-order valence-corrected chi connectivity index (χ0v) is 16.7. The molecule has 0 spiro atoms. The van der Waals surface area contributed by atoms with Crippen LogP contribution in [0.15, 0.2) is 41.8 Å². The number of amides is 2. The van der Waals surface area contributed by atoms with Crippen LogP contribution in [0, 0.1) is 5.92 Å². The SMILES string of the molecule is CCCn1c(NC(=O)C2CCCN(C(=O)c3cccs3)C2)nc2ccccc21. The molecule has 7 heteroatoms. The van der Waals surface area contributed by atoms with Gasteiger partial charge in [-0.1, -0.05) is 25.1 Å². The number of aryl methyl sites for hydroxylation is 1. The van der Waals surface area contributed by atoms with Gasteiger partial charge in [0.15, 0.2) is 0 Å². The lowest BCUT2D eigenvalue weighted by Crippen LogP contribution is -2.43. The highest BCUT2D eigenvalue weighted by Gasteiger charge is 2.30. The third kappa shape index (κ3) is 3.67. The van der Waals surface area contributed by atoms with Crippen LogP contribution in [0.1, 0.15) is 35.9 Å². The molecule has 2 aromatic heterocycles. The monoisotopic (exact) mass is 396 g/mol. The largest absolute Gasteiger partial charge is 0.337 e. The van der Waals surface area contributed by atoms with Gasteiger partial charge in [0, 0.05) is 19.6 Å². The number of rotatable bonds is 5. The topological polar surface area (TPSA) is 67.2 Å². The molecule has 146 valence electrons. The van der Waals surface area contributed by atoms with Gasteiger partial charge >= 0.3 is 0 Å². The number of likely N-dealkylation sites (tertiary alicyclic amines) is 1. The van der Waals surface area contributed by atoms with Crippen molar-refractivity contribution in [3.63, 3.8) is 0 Å². The van der Waals surface area contributed by atoms with Crippen LogP contribution in [0.25, 0.3) is 11.0 Å². The molecule has 4 rings (SSSR count). The number of para-hydroxylation sites is 2. The summed E-state index contributed by atoms with van der Waals surface area (Å²) in [5, 5.41) is 4.93. The number of hydrogen-bond acceptors (Lipinski definition) is 4. The number of carbonyl (C=O) groups is 2. The van der Waals surface area contributed by atoms with E-state index >= 15 is 0 Å². The zero-order valence-electron chi connectivity index (χ0n) is 15.9. The molecule has 2 amide bonds. The van der Waals surface area contributed by atoms with Crippen LogP contribution in [0.2, 0.25) is 0 Å². The Morgan fingerprint density at radius 3 is 2.89 bits per heavy atom. The lowest BCUT2D eigenvalue weighted by Gasteiger charge is -2.31. The molecule has 0 radical (unpaired) electrons. The molecule has 1 aliphatic heterocycles. The maximum absolute atomic E-state index is 13.0. The summed E-state index contributed by atoms with van der Waals surface area (Å²) in [6.45, 7) is 4.06. The van der Waals surface area contributed by atoms with E-state index in [1.54, 1.807) is 4.90 Å². The second kappa shape index (κ2) is 8.14. The predicted octanol–water partition coefficient (Wildman–Crippen LogP) is 4.00. The van der Waals surface area contributed by atoms with Crippen molar-refractivity contribution in [2.45, 2.75) is 32.7 Å². The summed E-state index contributed by atoms with van der Waals surface area (Å²) in [5.74, 6) is 0.337. The van der Waals surface area contributed by atoms with Crippen LogP contribution in [0.5, 0.6) is 0 Å². The maximum Gasteiger partial charge on any atom is 0.263 e. The second-order valence-electron chi connectivity index (χ2n) is 7.13. The van der Waals surface area contributed by atoms with Gasteiger partial charge < -0.3 is 9.47 Å². The zero-order chi connectivity index (χ0) is 19.5. The van der Waals surface area contributed by atoms with Crippen molar-refractivity contribution in [2.75, 3.05) is 18.4 Å². The van der Waals surface area contributed by atoms with Gasteiger partial charge in [-0.15, -0.1) is 11.3 Å². The molecule has 3 heterocycles. The van der Waals surface area contributed by atoms with Crippen LogP contribution in [0.4, 0.5) is 5.95 Å². The fourth-order valence-electron chi connectivity index (χ4n) is 3.76. The fourth-order valence-corrected chi connectivity index (χ4v) is 4.46. The molecule has 1 unspecified atom stereocenters. The van der Waals surface area contributed by atoms with Crippen LogP contribution >= 0.6 is 11.3 Å². The van der Waals surface area contributed by atoms with Crippen molar-refractivity contribution in [3.8, 4) is 0 Å². The first-order chi connectivity index (χ1) is 13.7. The molecule has 1 aromatic carbocycles. The number of aromatic nitrogens is 2. The number of fused-ring (bicyclic) bond motifs is 1. The van der Waals surface area contributed by atoms with E-state index in [4.69, 9.17) is 0 Å². The van der Waals surface area contributed by atoms with E-state index in [1.165, 1.54) is 11.3 Å². The third-order valence-corrected chi connectivity index (χ3v) is 6.01. The van der Waals surface area contributed by atoms with E-state index in [9.17, 15) is 9.59 Å². The molecule has 1 fully saturated rings. The molecule has 1 atom stereocenters. The van der Waals surface area contributed by atoms with Crippen LogP contribution in [-0.4, -0.2) is 39.4 Å². The highest BCUT2D eigenvalue weighted by molar-refractivity contribution is 7.12. The molecule has 0 bridgehead atoms. The van der Waals surface area contributed by atoms with E-state index in [0.717, 1.165) is 41.7 Å². The molecule has 0 saturated carbocycles. The quantitative estimate of drug-likeness (QED) is 0.709. The number of nitrogens with zero attached hydrogens (tertiary/aromatic N) is 3.